The molecule has 0 aliphatic carbocycles. The van der Waals surface area contributed by atoms with Crippen molar-refractivity contribution < 1.29 is 0 Å². The molecule has 1 saturated heterocycles. The molecular weight excluding hydrogens is 334 g/mol. The van der Waals surface area contributed by atoms with Gasteiger partial charge in [0.1, 0.15) is 5.02 Å². The van der Waals surface area contributed by atoms with E-state index in [1.807, 2.05) is 12.1 Å². The number of piperazine rings is 1. The maximum atomic E-state index is 11.9. The highest BCUT2D eigenvalue weighted by molar-refractivity contribution is 6.30. The molecule has 0 unspecified atom stereocenters. The van der Waals surface area contributed by atoms with Gasteiger partial charge in [0.25, 0.3) is 5.56 Å². The van der Waals surface area contributed by atoms with Crippen LogP contribution in [0.2, 0.25) is 5.02 Å². The number of benzene rings is 1. The second kappa shape index (κ2) is 8.54. The average molecular weight is 360 g/mol. The third kappa shape index (κ3) is 4.44. The molecule has 4 nitrogen and oxygen atoms in total. The maximum Gasteiger partial charge on any atom is 0.267 e. The van der Waals surface area contributed by atoms with Crippen LogP contribution in [0.15, 0.2) is 41.2 Å². The number of nitrogens with one attached hydrogen (secondary N) is 1. The van der Waals surface area contributed by atoms with E-state index in [9.17, 15) is 4.79 Å². The summed E-state index contributed by atoms with van der Waals surface area (Å²) in [4.78, 5) is 19.7. The van der Waals surface area contributed by atoms with E-state index in [1.54, 1.807) is 6.07 Å². The zero-order valence-electron chi connectivity index (χ0n) is 14.8. The Kier molecular flexibility index (Phi) is 6.16. The summed E-state index contributed by atoms with van der Waals surface area (Å²) in [5.74, 6) is 0. The van der Waals surface area contributed by atoms with Gasteiger partial charge >= 0.3 is 0 Å². The predicted molar refractivity (Wildman–Crippen MR) is 106 cm³/mol. The summed E-state index contributed by atoms with van der Waals surface area (Å²) in [5.41, 5.74) is 2.80. The van der Waals surface area contributed by atoms with E-state index in [0.29, 0.717) is 0 Å². The Bertz CT molecular complexity index is 751. The van der Waals surface area contributed by atoms with Gasteiger partial charge in [-0.05, 0) is 31.2 Å². The normalized spacial score (nSPS) is 15.5. The molecule has 2 heterocycles. The standard InChI is InChI=1S/C20H26ClN3O/c1-2-3-6-11-23-12-14-24(15-13-23)19-8-5-4-7-16(19)18-10-9-17(21)20(25)22-18/h4-5,7-10H,2-3,6,11-15H2,1H3,(H,22,25). The van der Waals surface area contributed by atoms with Crippen molar-refractivity contribution in [1.82, 2.24) is 9.88 Å². The molecule has 0 atom stereocenters. The van der Waals surface area contributed by atoms with Gasteiger partial charge in [0.2, 0.25) is 0 Å². The van der Waals surface area contributed by atoms with Gasteiger partial charge in [-0.15, -0.1) is 0 Å². The van der Waals surface area contributed by atoms with E-state index in [1.165, 1.54) is 31.5 Å². The van der Waals surface area contributed by atoms with Gasteiger partial charge in [-0.1, -0.05) is 49.6 Å². The number of unbranched alkanes of at least 4 members (excludes halogenated alkanes) is 2. The van der Waals surface area contributed by atoms with Crippen molar-refractivity contribution in [3.05, 3.63) is 51.8 Å². The van der Waals surface area contributed by atoms with E-state index >= 15 is 0 Å². The van der Waals surface area contributed by atoms with Gasteiger partial charge in [0.05, 0.1) is 5.69 Å². The van der Waals surface area contributed by atoms with Gasteiger partial charge in [0.15, 0.2) is 0 Å². The third-order valence-corrected chi connectivity index (χ3v) is 5.14. The highest BCUT2D eigenvalue weighted by Gasteiger charge is 2.19. The highest BCUT2D eigenvalue weighted by atomic mass is 35.5. The van der Waals surface area contributed by atoms with Crippen LogP contribution in [0.3, 0.4) is 0 Å². The highest BCUT2D eigenvalue weighted by Crippen LogP contribution is 2.30. The topological polar surface area (TPSA) is 39.3 Å². The fourth-order valence-electron chi connectivity index (χ4n) is 3.39. The van der Waals surface area contributed by atoms with Crippen molar-refractivity contribution in [1.29, 1.82) is 0 Å². The van der Waals surface area contributed by atoms with Gasteiger partial charge in [-0.25, -0.2) is 0 Å². The first-order valence-corrected chi connectivity index (χ1v) is 9.52. The minimum Gasteiger partial charge on any atom is -0.368 e. The molecule has 1 aliphatic rings. The van der Waals surface area contributed by atoms with Gasteiger partial charge in [-0.2, -0.15) is 0 Å². The Morgan fingerprint density at radius 2 is 1.80 bits per heavy atom. The molecule has 0 radical (unpaired) electrons. The smallest absolute Gasteiger partial charge is 0.267 e. The number of nitrogens with zero attached hydrogens (tertiary/aromatic N) is 2. The Balaban J connectivity index is 1.74. The van der Waals surface area contributed by atoms with Crippen LogP contribution < -0.4 is 10.5 Å². The molecular formula is C20H26ClN3O. The molecule has 25 heavy (non-hydrogen) atoms. The first-order valence-electron chi connectivity index (χ1n) is 9.14. The molecule has 1 fully saturated rings. The van der Waals surface area contributed by atoms with Crippen molar-refractivity contribution in [2.45, 2.75) is 26.2 Å². The maximum absolute atomic E-state index is 11.9. The van der Waals surface area contributed by atoms with Crippen LogP contribution in [-0.4, -0.2) is 42.6 Å². The molecule has 134 valence electrons. The lowest BCUT2D eigenvalue weighted by Gasteiger charge is -2.37. The Morgan fingerprint density at radius 3 is 2.52 bits per heavy atom. The average Bonchev–Trinajstić information content (AvgIpc) is 2.65. The fourth-order valence-corrected chi connectivity index (χ4v) is 3.50. The molecule has 0 amide bonds. The second-order valence-electron chi connectivity index (χ2n) is 6.60. The van der Waals surface area contributed by atoms with E-state index < -0.39 is 0 Å². The number of rotatable bonds is 6. The summed E-state index contributed by atoms with van der Waals surface area (Å²) >= 11 is 5.87. The summed E-state index contributed by atoms with van der Waals surface area (Å²) in [6.45, 7) is 7.66. The van der Waals surface area contributed by atoms with Crippen molar-refractivity contribution in [2.24, 2.45) is 0 Å². The fraction of sp³-hybridized carbons (Fsp3) is 0.450. The van der Waals surface area contributed by atoms with E-state index in [-0.39, 0.29) is 10.6 Å². The first-order chi connectivity index (χ1) is 12.2. The molecule has 0 spiro atoms. The molecule has 5 heteroatoms. The number of hydrogen-bond donors (Lipinski definition) is 1. The SMILES string of the molecule is CCCCCN1CCN(c2ccccc2-c2ccc(Cl)c(=O)[nH]2)CC1. The summed E-state index contributed by atoms with van der Waals surface area (Å²) in [7, 11) is 0. The van der Waals surface area contributed by atoms with Crippen molar-refractivity contribution in [3.8, 4) is 11.3 Å². The van der Waals surface area contributed by atoms with Crippen LogP contribution in [0, 0.1) is 0 Å². The van der Waals surface area contributed by atoms with Crippen LogP contribution in [0.5, 0.6) is 0 Å². The molecule has 0 bridgehead atoms. The third-order valence-electron chi connectivity index (χ3n) is 4.85. The van der Waals surface area contributed by atoms with E-state index in [2.05, 4.69) is 39.9 Å². The molecule has 0 saturated carbocycles. The lowest BCUT2D eigenvalue weighted by Crippen LogP contribution is -2.46. The summed E-state index contributed by atoms with van der Waals surface area (Å²) < 4.78 is 0. The molecule has 1 aromatic heterocycles. The predicted octanol–water partition coefficient (Wildman–Crippen LogP) is 4.01. The molecule has 1 N–H and O–H groups in total. The number of anilines is 1. The van der Waals surface area contributed by atoms with Crippen LogP contribution >= 0.6 is 11.6 Å². The zero-order valence-corrected chi connectivity index (χ0v) is 15.6. The van der Waals surface area contributed by atoms with Crippen LogP contribution in [0.1, 0.15) is 26.2 Å². The number of hydrogen-bond acceptors (Lipinski definition) is 3. The quantitative estimate of drug-likeness (QED) is 0.792. The van der Waals surface area contributed by atoms with Crippen molar-refractivity contribution in [2.75, 3.05) is 37.6 Å². The molecule has 2 aromatic rings. The van der Waals surface area contributed by atoms with Crippen LogP contribution in [-0.2, 0) is 0 Å². The molecule has 1 aliphatic heterocycles. The van der Waals surface area contributed by atoms with Crippen LogP contribution in [0.4, 0.5) is 5.69 Å². The summed E-state index contributed by atoms with van der Waals surface area (Å²) in [6, 6.07) is 11.8. The summed E-state index contributed by atoms with van der Waals surface area (Å²) in [5, 5.41) is 0.224. The van der Waals surface area contributed by atoms with Gasteiger partial charge in [0, 0.05) is 37.4 Å². The molecule has 3 rings (SSSR count). The second-order valence-corrected chi connectivity index (χ2v) is 7.01. The lowest BCUT2D eigenvalue weighted by atomic mass is 10.1. The summed E-state index contributed by atoms with van der Waals surface area (Å²) in [6.07, 6.45) is 3.87. The monoisotopic (exact) mass is 359 g/mol. The van der Waals surface area contributed by atoms with E-state index in [4.69, 9.17) is 11.6 Å². The minimum absolute atomic E-state index is 0.224. The molecule has 1 aromatic carbocycles. The number of halogens is 1. The first kappa shape index (κ1) is 18.0. The number of H-pyrrole nitrogens is 1. The Labute approximate surface area is 154 Å². The van der Waals surface area contributed by atoms with Gasteiger partial charge < -0.3 is 9.88 Å². The number of aromatic amines is 1. The zero-order chi connectivity index (χ0) is 17.6. The van der Waals surface area contributed by atoms with Gasteiger partial charge in [-0.3, -0.25) is 9.69 Å². The Morgan fingerprint density at radius 1 is 1.04 bits per heavy atom. The number of pyridine rings is 1. The van der Waals surface area contributed by atoms with E-state index in [0.717, 1.165) is 37.4 Å². The lowest BCUT2D eigenvalue weighted by molar-refractivity contribution is 0.253. The minimum atomic E-state index is -0.241. The largest absolute Gasteiger partial charge is 0.368 e. The van der Waals surface area contributed by atoms with Crippen molar-refractivity contribution >= 4 is 17.3 Å². The number of aromatic nitrogens is 1. The van der Waals surface area contributed by atoms with Crippen molar-refractivity contribution in [3.63, 3.8) is 0 Å². The Hall–Kier alpha value is -1.78. The number of para-hydroxylation sites is 1. The van der Waals surface area contributed by atoms with Crippen LogP contribution in [0.25, 0.3) is 11.3 Å².